The van der Waals surface area contributed by atoms with E-state index in [2.05, 4.69) is 0 Å². The Labute approximate surface area is 169 Å². The molecule has 0 saturated heterocycles. The predicted octanol–water partition coefficient (Wildman–Crippen LogP) is -1.21. The summed E-state index contributed by atoms with van der Waals surface area (Å²) in [5, 5.41) is 20.2. The molecule has 0 aromatic heterocycles. The number of carbonyl (C=O) groups is 4. The van der Waals surface area contributed by atoms with Gasteiger partial charge in [0.15, 0.2) is 11.9 Å². The van der Waals surface area contributed by atoms with Crippen LogP contribution in [0, 0.1) is 5.92 Å². The molecule has 1 rings (SSSR count). The highest BCUT2D eigenvalue weighted by molar-refractivity contribution is 5.95. The second-order valence-corrected chi connectivity index (χ2v) is 8.00. The highest BCUT2D eigenvalue weighted by atomic mass is 16.5. The molecule has 160 valence electrons. The number of carbonyl (C=O) groups excluding carboxylic acids is 4. The number of aromatic hydroxyl groups is 1. The first kappa shape index (κ1) is 24.3. The molecular formula is C20H28N2O7. The molecule has 3 N–H and O–H groups in total. The molecule has 0 aliphatic heterocycles. The van der Waals surface area contributed by atoms with Crippen LogP contribution < -0.4 is 10.8 Å². The fourth-order valence-electron chi connectivity index (χ4n) is 2.75. The molecular weight excluding hydrogens is 380 g/mol. The standard InChI is InChI=1S/C20H28N2O7/c1-22(2,3)11-16(10-19(26)27)29-20(28)14(12-23)9-18(25)17(21)8-13-4-6-15(24)7-5-13/h4-7,12,14,16-17H,8-11,21H2,1-3H3,(H-,24,26,27)/t14?,16?,17-/m0/s1. The normalized spacial score (nSPS) is 14.5. The van der Waals surface area contributed by atoms with E-state index in [4.69, 9.17) is 10.5 Å². The van der Waals surface area contributed by atoms with Crippen LogP contribution in [0.15, 0.2) is 24.3 Å². The van der Waals surface area contributed by atoms with E-state index >= 15 is 0 Å². The van der Waals surface area contributed by atoms with Gasteiger partial charge in [-0.2, -0.15) is 0 Å². The van der Waals surface area contributed by atoms with Crippen LogP contribution in [-0.2, 0) is 30.3 Å². The zero-order valence-corrected chi connectivity index (χ0v) is 16.9. The molecule has 29 heavy (non-hydrogen) atoms. The third-order valence-electron chi connectivity index (χ3n) is 4.12. The molecule has 9 nitrogen and oxygen atoms in total. The van der Waals surface area contributed by atoms with Gasteiger partial charge >= 0.3 is 5.97 Å². The fraction of sp³-hybridized carbons (Fsp3) is 0.500. The van der Waals surface area contributed by atoms with Crippen molar-refractivity contribution in [2.75, 3.05) is 27.7 Å². The van der Waals surface area contributed by atoms with Gasteiger partial charge in [-0.1, -0.05) is 12.1 Å². The van der Waals surface area contributed by atoms with Crippen LogP contribution in [-0.4, -0.2) is 73.4 Å². The first-order valence-corrected chi connectivity index (χ1v) is 9.13. The molecule has 0 aliphatic rings. The first-order valence-electron chi connectivity index (χ1n) is 9.13. The Morgan fingerprint density at radius 3 is 2.24 bits per heavy atom. The van der Waals surface area contributed by atoms with E-state index in [1.54, 1.807) is 33.3 Å². The minimum Gasteiger partial charge on any atom is -0.550 e. The number of hydrogen-bond acceptors (Lipinski definition) is 8. The van der Waals surface area contributed by atoms with Crippen molar-refractivity contribution in [3.05, 3.63) is 29.8 Å². The SMILES string of the molecule is C[N+](C)(C)CC(CC(=O)[O-])OC(=O)C(C=O)CC(=O)[C@@H](N)Cc1ccc(O)cc1. The first-order chi connectivity index (χ1) is 13.4. The van der Waals surface area contributed by atoms with Crippen LogP contribution >= 0.6 is 0 Å². The Hall–Kier alpha value is -2.78. The van der Waals surface area contributed by atoms with Crippen LogP contribution in [0.25, 0.3) is 0 Å². The van der Waals surface area contributed by atoms with Gasteiger partial charge in [0.2, 0.25) is 0 Å². The molecule has 2 unspecified atom stereocenters. The number of esters is 1. The van der Waals surface area contributed by atoms with Gasteiger partial charge in [0.1, 0.15) is 24.5 Å². The Balaban J connectivity index is 2.72. The predicted molar refractivity (Wildman–Crippen MR) is 101 cm³/mol. The lowest BCUT2D eigenvalue weighted by Crippen LogP contribution is -2.46. The maximum atomic E-state index is 12.3. The molecule has 1 aromatic carbocycles. The second-order valence-electron chi connectivity index (χ2n) is 8.00. The van der Waals surface area contributed by atoms with E-state index in [9.17, 15) is 29.4 Å². The zero-order valence-electron chi connectivity index (χ0n) is 16.9. The number of rotatable bonds is 12. The Kier molecular flexibility index (Phi) is 8.93. The molecule has 9 heteroatoms. The van der Waals surface area contributed by atoms with Crippen molar-refractivity contribution in [2.24, 2.45) is 11.7 Å². The maximum Gasteiger partial charge on any atom is 0.317 e. The smallest absolute Gasteiger partial charge is 0.317 e. The summed E-state index contributed by atoms with van der Waals surface area (Å²) in [7, 11) is 5.37. The van der Waals surface area contributed by atoms with Crippen LogP contribution in [0.4, 0.5) is 0 Å². The number of phenolic OH excluding ortho intramolecular Hbond substituents is 1. The van der Waals surface area contributed by atoms with Gasteiger partial charge in [-0.3, -0.25) is 9.59 Å². The number of aliphatic carboxylic acids is 1. The molecule has 0 radical (unpaired) electrons. The van der Waals surface area contributed by atoms with Gasteiger partial charge in [0.25, 0.3) is 0 Å². The molecule has 0 saturated carbocycles. The van der Waals surface area contributed by atoms with Gasteiger partial charge in [0, 0.05) is 18.8 Å². The van der Waals surface area contributed by atoms with Crippen molar-refractivity contribution >= 4 is 24.0 Å². The van der Waals surface area contributed by atoms with Crippen molar-refractivity contribution < 1.29 is 38.6 Å². The summed E-state index contributed by atoms with van der Waals surface area (Å²) in [6.45, 7) is 0.194. The number of quaternary nitrogens is 1. The highest BCUT2D eigenvalue weighted by Gasteiger charge is 2.30. The quantitative estimate of drug-likeness (QED) is 0.190. The van der Waals surface area contributed by atoms with Crippen LogP contribution in [0.1, 0.15) is 18.4 Å². The third kappa shape index (κ3) is 9.31. The van der Waals surface area contributed by atoms with E-state index in [0.29, 0.717) is 16.3 Å². The maximum absolute atomic E-state index is 12.3. The number of nitrogens with zero attached hydrogens (tertiary/aromatic N) is 1. The van der Waals surface area contributed by atoms with Gasteiger partial charge in [-0.15, -0.1) is 0 Å². The molecule has 0 heterocycles. The number of likely N-dealkylation sites (N-methyl/N-ethyl adjacent to an activating group) is 1. The van der Waals surface area contributed by atoms with Gasteiger partial charge in [-0.05, 0) is 24.1 Å². The number of ketones is 1. The summed E-state index contributed by atoms with van der Waals surface area (Å²) in [5.74, 6) is -4.14. The zero-order chi connectivity index (χ0) is 22.2. The summed E-state index contributed by atoms with van der Waals surface area (Å²) in [5.41, 5.74) is 6.59. The number of Topliss-reactive ketones (excluding diaryl/α,β-unsaturated/α-hetero) is 1. The topological polar surface area (TPSA) is 147 Å². The largest absolute Gasteiger partial charge is 0.550 e. The summed E-state index contributed by atoms with van der Waals surface area (Å²) >= 11 is 0. The molecule has 0 amide bonds. The van der Waals surface area contributed by atoms with E-state index in [1.165, 1.54) is 12.1 Å². The fourth-order valence-corrected chi connectivity index (χ4v) is 2.75. The van der Waals surface area contributed by atoms with Crippen LogP contribution in [0.5, 0.6) is 5.75 Å². The minimum atomic E-state index is -1.38. The summed E-state index contributed by atoms with van der Waals surface area (Å²) in [6, 6.07) is 5.21. The van der Waals surface area contributed by atoms with Gasteiger partial charge < -0.3 is 34.8 Å². The molecule has 0 fully saturated rings. The number of hydrogen-bond donors (Lipinski definition) is 2. The van der Waals surface area contributed by atoms with E-state index < -0.39 is 48.6 Å². The van der Waals surface area contributed by atoms with Crippen molar-refractivity contribution in [2.45, 2.75) is 31.4 Å². The molecule has 1 aromatic rings. The van der Waals surface area contributed by atoms with Crippen LogP contribution in [0.3, 0.4) is 0 Å². The molecule has 0 aliphatic carbocycles. The average molecular weight is 408 g/mol. The molecule has 3 atom stereocenters. The van der Waals surface area contributed by atoms with Gasteiger partial charge in [0.05, 0.1) is 27.2 Å². The summed E-state index contributed by atoms with van der Waals surface area (Å²) in [4.78, 5) is 46.9. The van der Waals surface area contributed by atoms with Crippen molar-refractivity contribution in [3.8, 4) is 5.75 Å². The average Bonchev–Trinajstić information content (AvgIpc) is 2.59. The lowest BCUT2D eigenvalue weighted by Gasteiger charge is -2.29. The number of carboxylic acids is 1. The molecule has 0 spiro atoms. The number of aldehydes is 1. The van der Waals surface area contributed by atoms with E-state index in [0.717, 1.165) is 0 Å². The van der Waals surface area contributed by atoms with Crippen molar-refractivity contribution in [1.29, 1.82) is 0 Å². The Morgan fingerprint density at radius 2 is 1.76 bits per heavy atom. The number of carboxylic acid groups (broad SMARTS) is 1. The third-order valence-corrected chi connectivity index (χ3v) is 4.12. The summed E-state index contributed by atoms with van der Waals surface area (Å²) < 4.78 is 5.50. The monoisotopic (exact) mass is 408 g/mol. The van der Waals surface area contributed by atoms with Crippen molar-refractivity contribution in [3.63, 3.8) is 0 Å². The van der Waals surface area contributed by atoms with E-state index in [1.807, 2.05) is 0 Å². The second kappa shape index (κ2) is 10.7. The number of benzene rings is 1. The minimum absolute atomic E-state index is 0.0809. The summed E-state index contributed by atoms with van der Waals surface area (Å²) in [6.07, 6.45) is -1.47. The van der Waals surface area contributed by atoms with Crippen molar-refractivity contribution in [1.82, 2.24) is 0 Å². The lowest BCUT2D eigenvalue weighted by atomic mass is 9.96. The molecule has 0 bridgehead atoms. The van der Waals surface area contributed by atoms with E-state index in [-0.39, 0.29) is 18.7 Å². The number of phenols is 1. The lowest BCUT2D eigenvalue weighted by molar-refractivity contribution is -0.873. The number of ether oxygens (including phenoxy) is 1. The van der Waals surface area contributed by atoms with Crippen LogP contribution in [0.2, 0.25) is 0 Å². The van der Waals surface area contributed by atoms with Gasteiger partial charge in [-0.25, -0.2) is 0 Å². The Morgan fingerprint density at radius 1 is 1.17 bits per heavy atom. The number of nitrogens with two attached hydrogens (primary N) is 1. The Bertz CT molecular complexity index is 725. The highest BCUT2D eigenvalue weighted by Crippen LogP contribution is 2.14.